The second-order valence-corrected chi connectivity index (χ2v) is 5.00. The second-order valence-electron chi connectivity index (χ2n) is 5.00. The number of anilines is 1. The number of piperidine rings is 1. The Morgan fingerprint density at radius 2 is 1.90 bits per heavy atom. The second kappa shape index (κ2) is 6.25. The molecule has 0 radical (unpaired) electrons. The number of nitrogens with one attached hydrogen (secondary N) is 1. The molecule has 1 aromatic rings. The van der Waals surface area contributed by atoms with Crippen LogP contribution in [-0.4, -0.2) is 41.0 Å². The van der Waals surface area contributed by atoms with Crippen LogP contribution < -0.4 is 11.1 Å². The minimum Gasteiger partial charge on any atom is -0.481 e. The van der Waals surface area contributed by atoms with Crippen molar-refractivity contribution in [3.63, 3.8) is 0 Å². The summed E-state index contributed by atoms with van der Waals surface area (Å²) in [6.07, 6.45) is 1.28. The molecular weight excluding hydrogens is 274 g/mol. The minimum atomic E-state index is -0.867. The number of hydrogen-bond acceptors (Lipinski definition) is 3. The Balaban J connectivity index is 2.05. The molecule has 1 aromatic carbocycles. The number of aliphatic carboxylic acids is 1. The molecule has 0 bridgehead atoms. The van der Waals surface area contributed by atoms with E-state index < -0.39 is 17.9 Å². The molecule has 0 saturated carbocycles. The molecule has 1 fully saturated rings. The van der Waals surface area contributed by atoms with E-state index in [2.05, 4.69) is 5.32 Å². The Hall–Kier alpha value is -2.57. The van der Waals surface area contributed by atoms with Crippen molar-refractivity contribution in [3.8, 4) is 0 Å². The third-order valence-corrected chi connectivity index (χ3v) is 3.46. The minimum absolute atomic E-state index is 0.202. The maximum absolute atomic E-state index is 12.3. The molecule has 1 atom stereocenters. The van der Waals surface area contributed by atoms with Gasteiger partial charge in [0.2, 0.25) is 0 Å². The van der Waals surface area contributed by atoms with Gasteiger partial charge < -0.3 is 21.1 Å². The summed E-state index contributed by atoms with van der Waals surface area (Å²) < 4.78 is 0. The van der Waals surface area contributed by atoms with Gasteiger partial charge in [0.25, 0.3) is 5.91 Å². The average molecular weight is 291 g/mol. The number of carbonyl (C=O) groups is 3. The van der Waals surface area contributed by atoms with E-state index in [4.69, 9.17) is 10.8 Å². The smallest absolute Gasteiger partial charge is 0.316 e. The van der Waals surface area contributed by atoms with Crippen molar-refractivity contribution in [2.75, 3.05) is 18.4 Å². The molecule has 21 heavy (non-hydrogen) atoms. The molecule has 1 aliphatic heterocycles. The number of nitrogens with two attached hydrogens (primary N) is 1. The maximum Gasteiger partial charge on any atom is 0.316 e. The first-order valence-corrected chi connectivity index (χ1v) is 6.66. The summed E-state index contributed by atoms with van der Waals surface area (Å²) in [4.78, 5) is 35.6. The summed E-state index contributed by atoms with van der Waals surface area (Å²) in [5.41, 5.74) is 5.96. The van der Waals surface area contributed by atoms with Crippen molar-refractivity contribution < 1.29 is 19.5 Å². The lowest BCUT2D eigenvalue weighted by atomic mass is 9.97. The van der Waals surface area contributed by atoms with Crippen LogP contribution in [0, 0.1) is 5.92 Å². The summed E-state index contributed by atoms with van der Waals surface area (Å²) in [5.74, 6) is -1.57. The van der Waals surface area contributed by atoms with E-state index >= 15 is 0 Å². The van der Waals surface area contributed by atoms with E-state index in [-0.39, 0.29) is 12.5 Å². The Bertz CT molecular complexity index is 556. The Morgan fingerprint density at radius 1 is 1.24 bits per heavy atom. The lowest BCUT2D eigenvalue weighted by Gasteiger charge is -2.30. The molecule has 1 saturated heterocycles. The van der Waals surface area contributed by atoms with Crippen LogP contribution >= 0.6 is 0 Å². The van der Waals surface area contributed by atoms with Crippen LogP contribution in [0.1, 0.15) is 23.2 Å². The van der Waals surface area contributed by atoms with Crippen molar-refractivity contribution in [3.05, 3.63) is 29.8 Å². The van der Waals surface area contributed by atoms with Crippen molar-refractivity contribution in [1.82, 2.24) is 4.90 Å². The van der Waals surface area contributed by atoms with Crippen molar-refractivity contribution in [1.29, 1.82) is 0 Å². The number of amides is 3. The highest BCUT2D eigenvalue weighted by atomic mass is 16.4. The molecule has 1 aliphatic rings. The number of primary amides is 1. The fraction of sp³-hybridized carbons (Fsp3) is 0.357. The largest absolute Gasteiger partial charge is 0.481 e. The quantitative estimate of drug-likeness (QED) is 0.774. The molecule has 0 spiro atoms. The fourth-order valence-corrected chi connectivity index (χ4v) is 2.38. The number of hydrogen-bond donors (Lipinski definition) is 3. The molecule has 3 amide bonds. The molecule has 2 rings (SSSR count). The van der Waals surface area contributed by atoms with E-state index in [0.29, 0.717) is 30.6 Å². The number of rotatable bonds is 3. The van der Waals surface area contributed by atoms with E-state index in [1.165, 1.54) is 0 Å². The van der Waals surface area contributed by atoms with E-state index in [1.54, 1.807) is 29.2 Å². The van der Waals surface area contributed by atoms with Gasteiger partial charge in [0.1, 0.15) is 0 Å². The first-order valence-electron chi connectivity index (χ1n) is 6.66. The van der Waals surface area contributed by atoms with Gasteiger partial charge in [0.05, 0.1) is 5.92 Å². The van der Waals surface area contributed by atoms with E-state index in [1.807, 2.05) is 0 Å². The molecule has 1 heterocycles. The summed E-state index contributed by atoms with van der Waals surface area (Å²) in [6, 6.07) is 5.65. The molecule has 0 unspecified atom stereocenters. The predicted octanol–water partition coefficient (Wildman–Crippen LogP) is 1.11. The van der Waals surface area contributed by atoms with E-state index in [0.717, 1.165) is 0 Å². The average Bonchev–Trinajstić information content (AvgIpc) is 2.47. The van der Waals surface area contributed by atoms with Crippen LogP contribution in [0.5, 0.6) is 0 Å². The zero-order chi connectivity index (χ0) is 15.4. The van der Waals surface area contributed by atoms with Crippen LogP contribution in [0.4, 0.5) is 10.5 Å². The molecular formula is C14H17N3O4. The van der Waals surface area contributed by atoms with Crippen LogP contribution in [0.15, 0.2) is 24.3 Å². The van der Waals surface area contributed by atoms with Crippen LogP contribution in [0.3, 0.4) is 0 Å². The van der Waals surface area contributed by atoms with Gasteiger partial charge in [-0.1, -0.05) is 0 Å². The topological polar surface area (TPSA) is 113 Å². The molecule has 0 aliphatic carbocycles. The van der Waals surface area contributed by atoms with Crippen molar-refractivity contribution in [2.45, 2.75) is 12.8 Å². The number of carboxylic acid groups (broad SMARTS) is 1. The van der Waals surface area contributed by atoms with Gasteiger partial charge in [-0.15, -0.1) is 0 Å². The Morgan fingerprint density at radius 3 is 2.48 bits per heavy atom. The molecule has 7 nitrogen and oxygen atoms in total. The number of urea groups is 1. The normalized spacial score (nSPS) is 18.1. The van der Waals surface area contributed by atoms with E-state index in [9.17, 15) is 14.4 Å². The summed E-state index contributed by atoms with van der Waals surface area (Å²) in [7, 11) is 0. The summed E-state index contributed by atoms with van der Waals surface area (Å²) in [5, 5.41) is 11.4. The highest BCUT2D eigenvalue weighted by Crippen LogP contribution is 2.19. The van der Waals surface area contributed by atoms with Crippen molar-refractivity contribution in [2.24, 2.45) is 11.7 Å². The lowest BCUT2D eigenvalue weighted by molar-refractivity contribution is -0.143. The molecule has 0 aromatic heterocycles. The zero-order valence-corrected chi connectivity index (χ0v) is 11.4. The van der Waals surface area contributed by atoms with Crippen molar-refractivity contribution >= 4 is 23.6 Å². The third kappa shape index (κ3) is 3.71. The van der Waals surface area contributed by atoms with Crippen LogP contribution in [0.25, 0.3) is 0 Å². The zero-order valence-electron chi connectivity index (χ0n) is 11.4. The molecule has 4 N–H and O–H groups in total. The maximum atomic E-state index is 12.3. The summed E-state index contributed by atoms with van der Waals surface area (Å²) >= 11 is 0. The van der Waals surface area contributed by atoms with Gasteiger partial charge in [0, 0.05) is 24.3 Å². The number of likely N-dealkylation sites (tertiary alicyclic amines) is 1. The number of nitrogens with zero attached hydrogens (tertiary/aromatic N) is 1. The molecule has 112 valence electrons. The predicted molar refractivity (Wildman–Crippen MR) is 75.9 cm³/mol. The van der Waals surface area contributed by atoms with Gasteiger partial charge >= 0.3 is 12.0 Å². The Kier molecular flexibility index (Phi) is 4.42. The third-order valence-electron chi connectivity index (χ3n) is 3.46. The number of benzene rings is 1. The SMILES string of the molecule is NC(=O)Nc1ccc(C(=O)N2CCC[C@@H](C(=O)O)C2)cc1. The van der Waals surface area contributed by atoms with Gasteiger partial charge in [-0.05, 0) is 37.1 Å². The fourth-order valence-electron chi connectivity index (χ4n) is 2.38. The van der Waals surface area contributed by atoms with Gasteiger partial charge in [0.15, 0.2) is 0 Å². The van der Waals surface area contributed by atoms with Gasteiger partial charge in [-0.2, -0.15) is 0 Å². The monoisotopic (exact) mass is 291 g/mol. The number of carbonyl (C=O) groups excluding carboxylic acids is 2. The first-order chi connectivity index (χ1) is 9.97. The highest BCUT2D eigenvalue weighted by molar-refractivity contribution is 5.95. The summed E-state index contributed by atoms with van der Waals surface area (Å²) in [6.45, 7) is 0.791. The lowest BCUT2D eigenvalue weighted by Crippen LogP contribution is -2.42. The van der Waals surface area contributed by atoms with Crippen LogP contribution in [-0.2, 0) is 4.79 Å². The highest BCUT2D eigenvalue weighted by Gasteiger charge is 2.28. The number of carboxylic acids is 1. The molecule has 7 heteroatoms. The standard InChI is InChI=1S/C14H17N3O4/c15-14(21)16-11-5-3-9(4-6-11)12(18)17-7-1-2-10(8-17)13(19)20/h3-6,10H,1-2,7-8H2,(H,19,20)(H3,15,16,21)/t10-/m1/s1. The van der Waals surface area contributed by atoms with Gasteiger partial charge in [-0.3, -0.25) is 9.59 Å². The first kappa shape index (κ1) is 14.8. The Labute approximate surface area is 121 Å². The van der Waals surface area contributed by atoms with Gasteiger partial charge in [-0.25, -0.2) is 4.79 Å². The van der Waals surface area contributed by atoms with Crippen LogP contribution in [0.2, 0.25) is 0 Å².